The van der Waals surface area contributed by atoms with Crippen LogP contribution < -0.4 is 5.43 Å². The highest BCUT2D eigenvalue weighted by Crippen LogP contribution is 2.26. The van der Waals surface area contributed by atoms with Crippen molar-refractivity contribution >= 4 is 28.4 Å². The van der Waals surface area contributed by atoms with Crippen LogP contribution >= 0.6 is 11.3 Å². The lowest BCUT2D eigenvalue weighted by molar-refractivity contribution is -0.384. The Balaban J connectivity index is 1.39. The number of hydrazone groups is 1. The molecule has 0 aliphatic heterocycles. The monoisotopic (exact) mass is 390 g/mol. The summed E-state index contributed by atoms with van der Waals surface area (Å²) in [5.41, 5.74) is 6.49. The maximum absolute atomic E-state index is 10.7. The maximum atomic E-state index is 10.7. The van der Waals surface area contributed by atoms with Crippen molar-refractivity contribution in [1.82, 2.24) is 14.5 Å². The fraction of sp³-hybridized carbons (Fsp3) is 0. The van der Waals surface area contributed by atoms with Gasteiger partial charge in [-0.05, 0) is 29.8 Å². The molecular formula is C19H14N6O2S. The Bertz CT molecular complexity index is 1100. The molecule has 0 unspecified atom stereocenters. The lowest BCUT2D eigenvalue weighted by Gasteiger charge is -2.01. The number of nitrogens with one attached hydrogen (secondary N) is 1. The van der Waals surface area contributed by atoms with E-state index in [0.717, 1.165) is 22.5 Å². The summed E-state index contributed by atoms with van der Waals surface area (Å²) in [4.78, 5) is 18.8. The van der Waals surface area contributed by atoms with Crippen LogP contribution in [0.15, 0.2) is 77.7 Å². The second kappa shape index (κ2) is 7.80. The van der Waals surface area contributed by atoms with E-state index in [1.165, 1.54) is 23.5 Å². The summed E-state index contributed by atoms with van der Waals surface area (Å²) >= 11 is 1.41. The Labute approximate surface area is 164 Å². The van der Waals surface area contributed by atoms with Gasteiger partial charge in [0.1, 0.15) is 0 Å². The number of hydrogen-bond acceptors (Lipinski definition) is 7. The number of nitro benzene ring substituents is 1. The number of nitrogens with zero attached hydrogens (tertiary/aromatic N) is 5. The molecule has 0 bridgehead atoms. The van der Waals surface area contributed by atoms with Gasteiger partial charge in [-0.15, -0.1) is 11.3 Å². The summed E-state index contributed by atoms with van der Waals surface area (Å²) in [6.45, 7) is 0. The number of non-ortho nitro benzene ring substituents is 1. The van der Waals surface area contributed by atoms with E-state index in [1.54, 1.807) is 30.9 Å². The zero-order valence-electron chi connectivity index (χ0n) is 14.5. The molecule has 8 nitrogen and oxygen atoms in total. The fourth-order valence-corrected chi connectivity index (χ4v) is 3.19. The van der Waals surface area contributed by atoms with Gasteiger partial charge in [0, 0.05) is 41.2 Å². The SMILES string of the molecule is O=[N+]([O-])c1ccc(-c2csc(N/N=C/c3ccc(-n4ccnc4)cc3)n2)cc1. The zero-order chi connectivity index (χ0) is 19.3. The average molecular weight is 390 g/mol. The molecule has 0 aliphatic carbocycles. The Hall–Kier alpha value is -3.85. The van der Waals surface area contributed by atoms with Crippen molar-refractivity contribution in [2.45, 2.75) is 0 Å². The van der Waals surface area contributed by atoms with Crippen molar-refractivity contribution in [2.24, 2.45) is 5.10 Å². The molecule has 0 aliphatic rings. The summed E-state index contributed by atoms with van der Waals surface area (Å²) < 4.78 is 1.93. The third-order valence-electron chi connectivity index (χ3n) is 3.95. The van der Waals surface area contributed by atoms with Crippen molar-refractivity contribution in [1.29, 1.82) is 0 Å². The van der Waals surface area contributed by atoms with Gasteiger partial charge in [-0.1, -0.05) is 12.1 Å². The highest BCUT2D eigenvalue weighted by atomic mass is 32.1. The molecule has 4 aromatic rings. The molecule has 9 heteroatoms. The van der Waals surface area contributed by atoms with Crippen molar-refractivity contribution in [3.05, 3.63) is 88.3 Å². The van der Waals surface area contributed by atoms with E-state index < -0.39 is 4.92 Å². The molecule has 0 fully saturated rings. The van der Waals surface area contributed by atoms with Gasteiger partial charge in [-0.2, -0.15) is 5.10 Å². The van der Waals surface area contributed by atoms with Crippen molar-refractivity contribution in [2.75, 3.05) is 5.43 Å². The van der Waals surface area contributed by atoms with Gasteiger partial charge in [-0.25, -0.2) is 9.97 Å². The molecule has 0 spiro atoms. The van der Waals surface area contributed by atoms with Crippen LogP contribution in [0.4, 0.5) is 10.8 Å². The number of benzene rings is 2. The number of aromatic nitrogens is 3. The topological polar surface area (TPSA) is 98.2 Å². The zero-order valence-corrected chi connectivity index (χ0v) is 15.3. The summed E-state index contributed by atoms with van der Waals surface area (Å²) in [7, 11) is 0. The molecule has 0 atom stereocenters. The van der Waals surface area contributed by atoms with Gasteiger partial charge < -0.3 is 4.57 Å². The van der Waals surface area contributed by atoms with E-state index >= 15 is 0 Å². The van der Waals surface area contributed by atoms with Gasteiger partial charge in [0.05, 0.1) is 23.2 Å². The van der Waals surface area contributed by atoms with Crippen LogP contribution in [0.25, 0.3) is 16.9 Å². The first kappa shape index (κ1) is 17.6. The molecule has 0 radical (unpaired) electrons. The molecule has 0 saturated heterocycles. The molecule has 4 rings (SSSR count). The van der Waals surface area contributed by atoms with E-state index in [0.29, 0.717) is 5.13 Å². The molecule has 1 N–H and O–H groups in total. The Kier molecular flexibility index (Phi) is 4.89. The van der Waals surface area contributed by atoms with Gasteiger partial charge >= 0.3 is 0 Å². The molecule has 0 amide bonds. The number of thiazole rings is 1. The van der Waals surface area contributed by atoms with E-state index in [9.17, 15) is 10.1 Å². The Morgan fingerprint density at radius 3 is 2.61 bits per heavy atom. The molecule has 2 aromatic carbocycles. The van der Waals surface area contributed by atoms with Crippen LogP contribution in [0.3, 0.4) is 0 Å². The highest BCUT2D eigenvalue weighted by molar-refractivity contribution is 7.14. The quantitative estimate of drug-likeness (QED) is 0.300. The van der Waals surface area contributed by atoms with Crippen LogP contribution in [-0.4, -0.2) is 25.7 Å². The van der Waals surface area contributed by atoms with Crippen molar-refractivity contribution in [3.8, 4) is 16.9 Å². The first-order valence-corrected chi connectivity index (χ1v) is 9.15. The number of nitro groups is 1. The number of hydrogen-bond donors (Lipinski definition) is 1. The Morgan fingerprint density at radius 1 is 1.14 bits per heavy atom. The minimum Gasteiger partial charge on any atom is -0.306 e. The second-order valence-corrected chi connectivity index (χ2v) is 6.63. The number of rotatable bonds is 6. The maximum Gasteiger partial charge on any atom is 0.269 e. The summed E-state index contributed by atoms with van der Waals surface area (Å²) in [6, 6.07) is 14.2. The predicted molar refractivity (Wildman–Crippen MR) is 109 cm³/mol. The van der Waals surface area contributed by atoms with Crippen LogP contribution in [0.1, 0.15) is 5.56 Å². The third kappa shape index (κ3) is 3.94. The van der Waals surface area contributed by atoms with Gasteiger partial charge in [0.15, 0.2) is 0 Å². The highest BCUT2D eigenvalue weighted by Gasteiger charge is 2.08. The standard InChI is InChI=1S/C19H14N6O2S/c26-25(27)17-7-3-15(4-8-17)18-12-28-19(22-18)23-21-11-14-1-5-16(6-2-14)24-10-9-20-13-24/h1-13H,(H,22,23)/b21-11+. The second-order valence-electron chi connectivity index (χ2n) is 5.77. The Morgan fingerprint density at radius 2 is 1.93 bits per heavy atom. The van der Waals surface area contributed by atoms with E-state index in [4.69, 9.17) is 0 Å². The lowest BCUT2D eigenvalue weighted by atomic mass is 10.1. The van der Waals surface area contributed by atoms with Gasteiger partial charge in [0.2, 0.25) is 5.13 Å². The molecule has 138 valence electrons. The summed E-state index contributed by atoms with van der Waals surface area (Å²) in [6.07, 6.45) is 7.08. The largest absolute Gasteiger partial charge is 0.306 e. The number of anilines is 1. The molecule has 2 heterocycles. The normalized spacial score (nSPS) is 11.0. The van der Waals surface area contributed by atoms with E-state index in [1.807, 2.05) is 40.4 Å². The van der Waals surface area contributed by atoms with Crippen LogP contribution in [0.5, 0.6) is 0 Å². The van der Waals surface area contributed by atoms with Gasteiger partial charge in [0.25, 0.3) is 5.69 Å². The van der Waals surface area contributed by atoms with Crippen molar-refractivity contribution < 1.29 is 4.92 Å². The summed E-state index contributed by atoms with van der Waals surface area (Å²) in [5.74, 6) is 0. The van der Waals surface area contributed by atoms with Crippen LogP contribution in [0, 0.1) is 10.1 Å². The third-order valence-corrected chi connectivity index (χ3v) is 4.69. The van der Waals surface area contributed by atoms with E-state index in [2.05, 4.69) is 20.5 Å². The molecule has 28 heavy (non-hydrogen) atoms. The van der Waals surface area contributed by atoms with Crippen LogP contribution in [0.2, 0.25) is 0 Å². The van der Waals surface area contributed by atoms with Gasteiger partial charge in [-0.3, -0.25) is 15.5 Å². The average Bonchev–Trinajstić information content (AvgIpc) is 3.41. The lowest BCUT2D eigenvalue weighted by Crippen LogP contribution is -1.92. The fourth-order valence-electron chi connectivity index (χ4n) is 2.52. The molecule has 2 aromatic heterocycles. The molecular weight excluding hydrogens is 376 g/mol. The first-order valence-electron chi connectivity index (χ1n) is 8.27. The molecule has 0 saturated carbocycles. The minimum atomic E-state index is -0.422. The first-order chi connectivity index (χ1) is 13.7. The number of imidazole rings is 1. The van der Waals surface area contributed by atoms with E-state index in [-0.39, 0.29) is 5.69 Å². The predicted octanol–water partition coefficient (Wildman–Crippen LogP) is 4.35. The minimum absolute atomic E-state index is 0.0565. The van der Waals surface area contributed by atoms with Crippen LogP contribution in [-0.2, 0) is 0 Å². The van der Waals surface area contributed by atoms with Crippen molar-refractivity contribution in [3.63, 3.8) is 0 Å². The summed E-state index contributed by atoms with van der Waals surface area (Å²) in [5, 5.41) is 17.5. The smallest absolute Gasteiger partial charge is 0.269 e.